The summed E-state index contributed by atoms with van der Waals surface area (Å²) in [7, 11) is -1.21. The zero-order chi connectivity index (χ0) is 36.0. The monoisotopic (exact) mass is 728 g/mol. The molecule has 0 fully saturated rings. The summed E-state index contributed by atoms with van der Waals surface area (Å²) in [5, 5.41) is 11.7. The van der Waals surface area contributed by atoms with Gasteiger partial charge in [-0.1, -0.05) is 53.1 Å². The molecule has 2 aliphatic heterocycles. The third-order valence-corrected chi connectivity index (χ3v) is 12.6. The number of nitrogens with zero attached hydrogens (tertiary/aromatic N) is 2. The van der Waals surface area contributed by atoms with Crippen LogP contribution in [0.25, 0.3) is 0 Å². The normalized spacial score (nSPS) is 17.2. The highest BCUT2D eigenvalue weighted by atomic mass is 33.1. The Labute approximate surface area is 299 Å². The molecule has 49 heavy (non-hydrogen) atoms. The van der Waals surface area contributed by atoms with E-state index in [9.17, 15) is 22.6 Å². The number of fused-ring (bicyclic) bond motifs is 2. The third kappa shape index (κ3) is 9.19. The maximum Gasteiger partial charge on any atom is 0.304 e. The Bertz CT molecular complexity index is 1760. The highest BCUT2D eigenvalue weighted by Crippen LogP contribution is 2.48. The lowest BCUT2D eigenvalue weighted by Crippen LogP contribution is -2.28. The van der Waals surface area contributed by atoms with Gasteiger partial charge in [0, 0.05) is 71.9 Å². The van der Waals surface area contributed by atoms with E-state index in [2.05, 4.69) is 92.8 Å². The number of nitrogens with one attached hydrogen (secondary N) is 1. The highest BCUT2D eigenvalue weighted by Gasteiger charge is 2.44. The molecule has 0 spiro atoms. The molecule has 2 heterocycles. The standard InChI is InChI=1S/C37H49N3O6S3/c1-7-39-30-18-16-27(49(44,45)46)25-29(30)37(5,6)32(39)12-11-13-33-36(3,4)28-24-26(2)15-17-31(28)40(33)21-10-8-9-14-34(41)38-20-23-48-47-22-19-35(42)43/h11-13,15-18,24-25H,7-10,14,19-23H2,1-6H3,(H2-,38,41,42,43,44,45,46)/p+1. The van der Waals surface area contributed by atoms with Gasteiger partial charge in [0.2, 0.25) is 11.6 Å². The second kappa shape index (κ2) is 16.3. The number of amides is 1. The summed E-state index contributed by atoms with van der Waals surface area (Å²) in [4.78, 5) is 25.0. The Kier molecular flexibility index (Phi) is 12.9. The number of likely N-dealkylation sites (N-methyl/N-ethyl adjacent to an activating group) is 1. The molecule has 0 saturated carbocycles. The fourth-order valence-corrected chi connectivity index (χ4v) is 9.11. The number of aliphatic carboxylic acids is 1. The quantitative estimate of drug-likeness (QED) is 0.0661. The highest BCUT2D eigenvalue weighted by molar-refractivity contribution is 8.76. The van der Waals surface area contributed by atoms with Gasteiger partial charge in [0.1, 0.15) is 6.54 Å². The Morgan fingerprint density at radius 1 is 0.959 bits per heavy atom. The van der Waals surface area contributed by atoms with Crippen LogP contribution in [0.3, 0.4) is 0 Å². The molecule has 3 N–H and O–H groups in total. The number of benzene rings is 2. The van der Waals surface area contributed by atoms with Crippen molar-refractivity contribution >= 4 is 60.7 Å². The first kappa shape index (κ1) is 38.7. The number of anilines is 1. The molecule has 2 aliphatic rings. The molecule has 0 unspecified atom stereocenters. The van der Waals surface area contributed by atoms with E-state index in [1.165, 1.54) is 39.4 Å². The maximum atomic E-state index is 12.3. The van der Waals surface area contributed by atoms with E-state index in [0.29, 0.717) is 25.3 Å². The van der Waals surface area contributed by atoms with Gasteiger partial charge < -0.3 is 15.3 Å². The number of carbonyl (C=O) groups is 2. The minimum Gasteiger partial charge on any atom is -0.481 e. The molecule has 4 rings (SSSR count). The lowest BCUT2D eigenvalue weighted by molar-refractivity contribution is -0.438. The van der Waals surface area contributed by atoms with Crippen molar-refractivity contribution in [1.82, 2.24) is 5.32 Å². The summed E-state index contributed by atoms with van der Waals surface area (Å²) >= 11 is 0. The number of carboxylic acid groups (broad SMARTS) is 1. The topological polar surface area (TPSA) is 127 Å². The minimum atomic E-state index is -4.31. The Morgan fingerprint density at radius 3 is 2.39 bits per heavy atom. The molecule has 1 amide bonds. The number of hydrogen-bond acceptors (Lipinski definition) is 7. The smallest absolute Gasteiger partial charge is 0.304 e. The van der Waals surface area contributed by atoms with Crippen molar-refractivity contribution in [2.45, 2.75) is 89.4 Å². The molecule has 0 radical (unpaired) electrons. The van der Waals surface area contributed by atoms with Crippen LogP contribution in [0.15, 0.2) is 65.2 Å². The van der Waals surface area contributed by atoms with Gasteiger partial charge in [-0.25, -0.2) is 0 Å². The number of aryl methyl sites for hydroxylation is 1. The summed E-state index contributed by atoms with van der Waals surface area (Å²) in [6.45, 7) is 15.0. The van der Waals surface area contributed by atoms with Crippen LogP contribution in [0.1, 0.15) is 83.4 Å². The van der Waals surface area contributed by atoms with Crippen LogP contribution in [0.4, 0.5) is 11.4 Å². The van der Waals surface area contributed by atoms with Crippen molar-refractivity contribution in [3.8, 4) is 0 Å². The lowest BCUT2D eigenvalue weighted by atomic mass is 9.80. The molecule has 266 valence electrons. The van der Waals surface area contributed by atoms with Crippen molar-refractivity contribution in [3.05, 3.63) is 77.0 Å². The summed E-state index contributed by atoms with van der Waals surface area (Å²) < 4.78 is 35.9. The van der Waals surface area contributed by atoms with Crippen molar-refractivity contribution in [3.63, 3.8) is 0 Å². The molecule has 0 aliphatic carbocycles. The van der Waals surface area contributed by atoms with E-state index in [1.807, 2.05) is 0 Å². The minimum absolute atomic E-state index is 0.0507. The zero-order valence-corrected chi connectivity index (χ0v) is 31.9. The first-order valence-corrected chi connectivity index (χ1v) is 20.8. The van der Waals surface area contributed by atoms with Crippen molar-refractivity contribution in [2.75, 3.05) is 36.0 Å². The summed E-state index contributed by atoms with van der Waals surface area (Å²) in [6.07, 6.45) is 9.73. The van der Waals surface area contributed by atoms with E-state index < -0.39 is 21.5 Å². The molecular formula is C37H50N3O6S3+. The lowest BCUT2D eigenvalue weighted by Gasteiger charge is -2.25. The second-order valence-electron chi connectivity index (χ2n) is 13.6. The zero-order valence-electron chi connectivity index (χ0n) is 29.4. The van der Waals surface area contributed by atoms with Gasteiger partial charge in [-0.3, -0.25) is 14.1 Å². The largest absolute Gasteiger partial charge is 0.481 e. The fourth-order valence-electron chi connectivity index (χ4n) is 6.72. The van der Waals surface area contributed by atoms with Crippen molar-refractivity contribution < 1.29 is 32.2 Å². The van der Waals surface area contributed by atoms with Crippen molar-refractivity contribution in [2.24, 2.45) is 0 Å². The van der Waals surface area contributed by atoms with E-state index in [0.717, 1.165) is 48.5 Å². The molecule has 2 aromatic carbocycles. The van der Waals surface area contributed by atoms with Gasteiger partial charge in [0.15, 0.2) is 5.71 Å². The Morgan fingerprint density at radius 2 is 1.69 bits per heavy atom. The summed E-state index contributed by atoms with van der Waals surface area (Å²) in [5.74, 6) is 0.568. The SMILES string of the molecule is CCN1/C(=C/C=C/C2=[N+](CCCCCC(=O)NCCSSCCC(=O)O)c3ccc(C)cc3C2(C)C)C(C)(C)c2cc(S(=O)(=O)O)ccc21. The van der Waals surface area contributed by atoms with E-state index >= 15 is 0 Å². The Balaban J connectivity index is 1.45. The molecular weight excluding hydrogens is 679 g/mol. The van der Waals surface area contributed by atoms with Crippen LogP contribution in [0, 0.1) is 6.92 Å². The molecule has 9 nitrogen and oxygen atoms in total. The average molecular weight is 729 g/mol. The predicted molar refractivity (Wildman–Crippen MR) is 202 cm³/mol. The van der Waals surface area contributed by atoms with Crippen LogP contribution < -0.4 is 10.2 Å². The van der Waals surface area contributed by atoms with Gasteiger partial charge in [0.25, 0.3) is 10.1 Å². The van der Waals surface area contributed by atoms with Crippen molar-refractivity contribution in [1.29, 1.82) is 0 Å². The van der Waals surface area contributed by atoms with Gasteiger partial charge in [-0.05, 0) is 76.4 Å². The summed E-state index contributed by atoms with van der Waals surface area (Å²) in [6, 6.07) is 11.5. The molecule has 2 aromatic rings. The number of carbonyl (C=O) groups excluding carboxylic acids is 1. The van der Waals surface area contributed by atoms with Crippen LogP contribution in [0.5, 0.6) is 0 Å². The van der Waals surface area contributed by atoms with E-state index in [1.54, 1.807) is 22.9 Å². The Hall–Kier alpha value is -3.06. The number of unbranched alkanes of at least 4 members (excludes halogenated alkanes) is 2. The second-order valence-corrected chi connectivity index (χ2v) is 17.7. The number of carboxylic acids is 1. The van der Waals surface area contributed by atoms with Crippen LogP contribution >= 0.6 is 21.6 Å². The maximum absolute atomic E-state index is 12.3. The van der Waals surface area contributed by atoms with Gasteiger partial charge in [0.05, 0.1) is 16.7 Å². The van der Waals surface area contributed by atoms with E-state index in [-0.39, 0.29) is 22.6 Å². The van der Waals surface area contributed by atoms with E-state index in [4.69, 9.17) is 5.11 Å². The average Bonchev–Trinajstić information content (AvgIpc) is 3.37. The summed E-state index contributed by atoms with van der Waals surface area (Å²) in [5.41, 5.74) is 7.09. The van der Waals surface area contributed by atoms with Gasteiger partial charge in [-0.2, -0.15) is 13.0 Å². The molecule has 0 atom stereocenters. The molecule has 0 bridgehead atoms. The molecule has 0 saturated heterocycles. The van der Waals surface area contributed by atoms with Gasteiger partial charge >= 0.3 is 5.97 Å². The predicted octanol–water partition coefficient (Wildman–Crippen LogP) is 7.41. The molecule has 0 aromatic heterocycles. The van der Waals surface area contributed by atoms with Crippen LogP contribution in [-0.2, 0) is 30.5 Å². The van der Waals surface area contributed by atoms with Crippen LogP contribution in [-0.4, -0.2) is 71.4 Å². The molecule has 12 heteroatoms. The van der Waals surface area contributed by atoms with Gasteiger partial charge in [-0.15, -0.1) is 0 Å². The first-order chi connectivity index (χ1) is 23.1. The first-order valence-electron chi connectivity index (χ1n) is 16.9. The third-order valence-electron chi connectivity index (χ3n) is 9.31. The van der Waals surface area contributed by atoms with Crippen LogP contribution in [0.2, 0.25) is 0 Å². The number of rotatable bonds is 17. The number of allylic oxidation sites excluding steroid dienone is 4. The fraction of sp³-hybridized carbons (Fsp3) is 0.486. The number of hydrogen-bond donors (Lipinski definition) is 3.